The van der Waals surface area contributed by atoms with Crippen molar-refractivity contribution in [1.29, 1.82) is 0 Å². The Hall–Kier alpha value is -1.93. The van der Waals surface area contributed by atoms with E-state index < -0.39 is 12.0 Å². The van der Waals surface area contributed by atoms with Gasteiger partial charge >= 0.3 is 5.97 Å². The monoisotopic (exact) mass is 379 g/mol. The zero-order valence-electron chi connectivity index (χ0n) is 15.1. The largest absolute Gasteiger partial charge is 0.464 e. The fourth-order valence-corrected chi connectivity index (χ4v) is 3.56. The molecule has 142 valence electrons. The Balaban J connectivity index is 1.96. The smallest absolute Gasteiger partial charge is 0.333 e. The lowest BCUT2D eigenvalue weighted by atomic mass is 10.0. The van der Waals surface area contributed by atoms with Gasteiger partial charge < -0.3 is 10.1 Å². The van der Waals surface area contributed by atoms with Gasteiger partial charge in [0, 0.05) is 35.2 Å². The topological polar surface area (TPSA) is 88.1 Å². The predicted molar refractivity (Wildman–Crippen MR) is 101 cm³/mol. The molecule has 1 aliphatic rings. The summed E-state index contributed by atoms with van der Waals surface area (Å²) in [4.78, 5) is 36.1. The van der Waals surface area contributed by atoms with Crippen molar-refractivity contribution in [3.63, 3.8) is 0 Å². The molecule has 1 aromatic carbocycles. The van der Waals surface area contributed by atoms with Gasteiger partial charge in [-0.15, -0.1) is 4.91 Å². The van der Waals surface area contributed by atoms with Gasteiger partial charge in [-0.3, -0.25) is 9.69 Å². The molecule has 1 atom stereocenters. The van der Waals surface area contributed by atoms with E-state index in [4.69, 9.17) is 4.74 Å². The average Bonchev–Trinajstić information content (AvgIpc) is 2.62. The van der Waals surface area contributed by atoms with Gasteiger partial charge in [0.05, 0.1) is 6.61 Å². The summed E-state index contributed by atoms with van der Waals surface area (Å²) in [5, 5.41) is 2.97. The Morgan fingerprint density at radius 3 is 2.50 bits per heavy atom. The third kappa shape index (κ3) is 6.10. The zero-order valence-corrected chi connectivity index (χ0v) is 16.0. The number of ether oxygens (including phenoxy) is 1. The summed E-state index contributed by atoms with van der Waals surface area (Å²) in [6.07, 6.45) is 1.92. The summed E-state index contributed by atoms with van der Waals surface area (Å²) in [6, 6.07) is 6.86. The molecule has 0 bridgehead atoms. The minimum absolute atomic E-state index is 0.265. The number of benzene rings is 1. The van der Waals surface area contributed by atoms with Gasteiger partial charge in [-0.1, -0.05) is 24.3 Å². The number of hydrogen-bond acceptors (Lipinski definition) is 7. The maximum absolute atomic E-state index is 12.1. The molecular formula is C18H25N3O4S. The van der Waals surface area contributed by atoms with Crippen molar-refractivity contribution in [1.82, 2.24) is 10.2 Å². The lowest BCUT2D eigenvalue weighted by molar-refractivity contribution is -0.147. The summed E-state index contributed by atoms with van der Waals surface area (Å²) in [5.74, 6) is -0.739. The van der Waals surface area contributed by atoms with Crippen molar-refractivity contribution >= 4 is 23.8 Å². The maximum Gasteiger partial charge on any atom is 0.333 e. The van der Waals surface area contributed by atoms with Gasteiger partial charge in [0.2, 0.25) is 5.91 Å². The molecule has 1 saturated heterocycles. The first-order chi connectivity index (χ1) is 12.5. The Bertz CT molecular complexity index is 615. The van der Waals surface area contributed by atoms with Gasteiger partial charge in [0.1, 0.15) is 0 Å². The minimum Gasteiger partial charge on any atom is -0.464 e. The number of carbonyl (C=O) groups is 2. The van der Waals surface area contributed by atoms with Crippen LogP contribution in [0, 0.1) is 4.91 Å². The van der Waals surface area contributed by atoms with Gasteiger partial charge in [-0.2, -0.15) is 0 Å². The molecule has 1 heterocycles. The van der Waals surface area contributed by atoms with Crippen LogP contribution in [0.15, 0.2) is 28.8 Å². The van der Waals surface area contributed by atoms with E-state index in [0.717, 1.165) is 50.0 Å². The molecule has 1 amide bonds. The Kier molecular flexibility index (Phi) is 8.06. The van der Waals surface area contributed by atoms with Crippen LogP contribution in [0.3, 0.4) is 0 Å². The molecule has 1 unspecified atom stereocenters. The molecule has 26 heavy (non-hydrogen) atoms. The first-order valence-electron chi connectivity index (χ1n) is 8.77. The summed E-state index contributed by atoms with van der Waals surface area (Å²) in [6.45, 7) is 6.07. The van der Waals surface area contributed by atoms with E-state index in [9.17, 15) is 14.5 Å². The molecule has 0 radical (unpaired) electrons. The average molecular weight is 379 g/mol. The van der Waals surface area contributed by atoms with Crippen LogP contribution in [0.25, 0.3) is 0 Å². The lowest BCUT2D eigenvalue weighted by Gasteiger charge is -2.30. The van der Waals surface area contributed by atoms with E-state index in [-0.39, 0.29) is 12.5 Å². The number of hydrogen-bond donors (Lipinski definition) is 1. The van der Waals surface area contributed by atoms with E-state index in [1.54, 1.807) is 6.92 Å². The third-order valence-corrected chi connectivity index (χ3v) is 5.17. The summed E-state index contributed by atoms with van der Waals surface area (Å²) >= 11 is 1.14. The Labute approximate surface area is 158 Å². The third-order valence-electron chi connectivity index (χ3n) is 4.32. The highest BCUT2D eigenvalue weighted by atomic mass is 32.2. The molecule has 0 spiro atoms. The lowest BCUT2D eigenvalue weighted by Crippen LogP contribution is -2.34. The molecule has 1 aliphatic heterocycles. The van der Waals surface area contributed by atoms with Crippen molar-refractivity contribution in [3.8, 4) is 0 Å². The molecule has 8 heteroatoms. The standard InChI is InChI=1S/C18H25N3O4S/c1-3-25-18(23)17(19-13(2)22)15-6-4-14(5-7-15)12-21-10-8-16(9-11-21)26-20-24/h4-7,16-17H,3,8-12H2,1-2H3,(H,19,22). The summed E-state index contributed by atoms with van der Waals surface area (Å²) in [7, 11) is 0. The number of nitrogens with zero attached hydrogens (tertiary/aromatic N) is 2. The number of amides is 1. The molecular weight excluding hydrogens is 354 g/mol. The quantitative estimate of drug-likeness (QED) is 0.424. The van der Waals surface area contributed by atoms with Crippen LogP contribution in [-0.2, 0) is 20.9 Å². The van der Waals surface area contributed by atoms with Crippen LogP contribution in [0.1, 0.15) is 43.9 Å². The van der Waals surface area contributed by atoms with Crippen LogP contribution in [0.4, 0.5) is 0 Å². The molecule has 0 aliphatic carbocycles. The second-order valence-corrected chi connectivity index (χ2v) is 7.31. The van der Waals surface area contributed by atoms with Crippen molar-refractivity contribution in [3.05, 3.63) is 40.3 Å². The van der Waals surface area contributed by atoms with Crippen LogP contribution >= 0.6 is 11.9 Å². The Morgan fingerprint density at radius 1 is 1.31 bits per heavy atom. The van der Waals surface area contributed by atoms with Gasteiger partial charge in [0.15, 0.2) is 6.04 Å². The van der Waals surface area contributed by atoms with Crippen LogP contribution < -0.4 is 5.32 Å². The van der Waals surface area contributed by atoms with Crippen LogP contribution in [0.2, 0.25) is 0 Å². The molecule has 1 aromatic rings. The van der Waals surface area contributed by atoms with Crippen molar-refractivity contribution < 1.29 is 14.3 Å². The first kappa shape index (κ1) is 20.4. The van der Waals surface area contributed by atoms with E-state index >= 15 is 0 Å². The fraction of sp³-hybridized carbons (Fsp3) is 0.556. The SMILES string of the molecule is CCOC(=O)C(NC(C)=O)c1ccc(CN2CCC(SN=O)CC2)cc1. The second-order valence-electron chi connectivity index (χ2n) is 6.28. The number of nitrogens with one attached hydrogen (secondary N) is 1. The number of piperidine rings is 1. The number of carbonyl (C=O) groups excluding carboxylic acids is 2. The number of likely N-dealkylation sites (tertiary alicyclic amines) is 1. The van der Waals surface area contributed by atoms with Crippen molar-refractivity contribution in [2.45, 2.75) is 44.5 Å². The van der Waals surface area contributed by atoms with Crippen LogP contribution in [-0.4, -0.2) is 41.7 Å². The maximum atomic E-state index is 12.1. The molecule has 1 fully saturated rings. The van der Waals surface area contributed by atoms with E-state index in [2.05, 4.69) is 14.8 Å². The zero-order chi connectivity index (χ0) is 18.9. The summed E-state index contributed by atoms with van der Waals surface area (Å²) in [5.41, 5.74) is 1.84. The first-order valence-corrected chi connectivity index (χ1v) is 9.60. The highest BCUT2D eigenvalue weighted by Gasteiger charge is 2.23. The van der Waals surface area contributed by atoms with Gasteiger partial charge in [-0.25, -0.2) is 4.79 Å². The normalized spacial score (nSPS) is 16.7. The van der Waals surface area contributed by atoms with E-state index in [1.165, 1.54) is 6.92 Å². The van der Waals surface area contributed by atoms with Crippen molar-refractivity contribution in [2.75, 3.05) is 19.7 Å². The van der Waals surface area contributed by atoms with E-state index in [0.29, 0.717) is 10.8 Å². The fourth-order valence-electron chi connectivity index (χ4n) is 3.01. The molecule has 1 N–H and O–H groups in total. The molecule has 7 nitrogen and oxygen atoms in total. The van der Waals surface area contributed by atoms with Gasteiger partial charge in [-0.05, 0) is 44.0 Å². The summed E-state index contributed by atoms with van der Waals surface area (Å²) < 4.78 is 7.97. The molecule has 0 aromatic heterocycles. The van der Waals surface area contributed by atoms with Gasteiger partial charge in [0.25, 0.3) is 0 Å². The highest BCUT2D eigenvalue weighted by Crippen LogP contribution is 2.25. The minimum atomic E-state index is -0.787. The van der Waals surface area contributed by atoms with Crippen molar-refractivity contribution in [2.24, 2.45) is 4.58 Å². The number of nitroso groups, excluding NO2 is 1. The van der Waals surface area contributed by atoms with E-state index in [1.807, 2.05) is 24.3 Å². The molecule has 0 saturated carbocycles. The number of esters is 1. The predicted octanol–water partition coefficient (Wildman–Crippen LogP) is 2.81. The van der Waals surface area contributed by atoms with Crippen LogP contribution in [0.5, 0.6) is 0 Å². The Morgan fingerprint density at radius 2 is 1.96 bits per heavy atom. The molecule has 2 rings (SSSR count). The number of rotatable bonds is 8. The second kappa shape index (κ2) is 10.3. The highest BCUT2D eigenvalue weighted by molar-refractivity contribution is 7.98.